The van der Waals surface area contributed by atoms with E-state index in [-0.39, 0.29) is 11.3 Å². The average Bonchev–Trinajstić information content (AvgIpc) is 2.40. The lowest BCUT2D eigenvalue weighted by Crippen LogP contribution is -2.01. The number of ether oxygens (including phenoxy) is 1. The summed E-state index contributed by atoms with van der Waals surface area (Å²) in [4.78, 5) is 10.9. The van der Waals surface area contributed by atoms with Gasteiger partial charge in [-0.05, 0) is 30.3 Å². The molecule has 0 aliphatic heterocycles. The first-order valence-electron chi connectivity index (χ1n) is 5.51. The van der Waals surface area contributed by atoms with E-state index in [0.29, 0.717) is 0 Å². The minimum Gasteiger partial charge on any atom is -0.494 e. The highest BCUT2D eigenvalue weighted by Gasteiger charge is 2.20. The van der Waals surface area contributed by atoms with Crippen molar-refractivity contribution in [1.29, 1.82) is 0 Å². The van der Waals surface area contributed by atoms with Gasteiger partial charge in [-0.25, -0.2) is 18.0 Å². The Morgan fingerprint density at radius 3 is 2.35 bits per heavy atom. The molecular formula is C14H9F3O3. The Labute approximate surface area is 112 Å². The molecule has 6 heteroatoms. The minimum atomic E-state index is -1.32. The van der Waals surface area contributed by atoms with E-state index < -0.39 is 34.5 Å². The van der Waals surface area contributed by atoms with Crippen LogP contribution in [0.4, 0.5) is 13.2 Å². The van der Waals surface area contributed by atoms with Crippen molar-refractivity contribution in [3.05, 3.63) is 53.3 Å². The Morgan fingerprint density at radius 1 is 1.10 bits per heavy atom. The van der Waals surface area contributed by atoms with E-state index in [1.54, 1.807) is 0 Å². The van der Waals surface area contributed by atoms with Crippen LogP contribution in [0.15, 0.2) is 30.3 Å². The maximum atomic E-state index is 14.1. The number of carbonyl (C=O) groups is 1. The van der Waals surface area contributed by atoms with Crippen molar-refractivity contribution in [3.8, 4) is 16.9 Å². The van der Waals surface area contributed by atoms with Crippen LogP contribution in [0.1, 0.15) is 10.4 Å². The van der Waals surface area contributed by atoms with Gasteiger partial charge in [-0.15, -0.1) is 0 Å². The normalized spacial score (nSPS) is 10.4. The Balaban J connectivity index is 2.74. The van der Waals surface area contributed by atoms with E-state index in [1.807, 2.05) is 0 Å². The Bertz CT molecular complexity index is 684. The number of benzene rings is 2. The summed E-state index contributed by atoms with van der Waals surface area (Å²) in [6.07, 6.45) is 0. The van der Waals surface area contributed by atoms with E-state index >= 15 is 0 Å². The topological polar surface area (TPSA) is 46.5 Å². The molecule has 3 nitrogen and oxygen atoms in total. The highest BCUT2D eigenvalue weighted by molar-refractivity contribution is 5.89. The molecule has 0 radical (unpaired) electrons. The highest BCUT2D eigenvalue weighted by Crippen LogP contribution is 2.33. The molecule has 20 heavy (non-hydrogen) atoms. The van der Waals surface area contributed by atoms with Gasteiger partial charge in [-0.2, -0.15) is 0 Å². The number of carboxylic acids is 1. The van der Waals surface area contributed by atoms with Gasteiger partial charge in [0.2, 0.25) is 0 Å². The molecule has 0 spiro atoms. The first-order valence-corrected chi connectivity index (χ1v) is 5.51. The van der Waals surface area contributed by atoms with Crippen molar-refractivity contribution in [2.45, 2.75) is 0 Å². The van der Waals surface area contributed by atoms with Crippen LogP contribution in [0.2, 0.25) is 0 Å². The highest BCUT2D eigenvalue weighted by atomic mass is 19.1. The van der Waals surface area contributed by atoms with Crippen LogP contribution in [0, 0.1) is 17.5 Å². The lowest BCUT2D eigenvalue weighted by atomic mass is 10.0. The predicted molar refractivity (Wildman–Crippen MR) is 65.3 cm³/mol. The number of rotatable bonds is 3. The molecule has 0 atom stereocenters. The van der Waals surface area contributed by atoms with Gasteiger partial charge in [0.25, 0.3) is 0 Å². The quantitative estimate of drug-likeness (QED) is 0.937. The SMILES string of the molecule is COc1ccc(F)c(-c2cc(C(=O)O)ccc2F)c1F. The summed E-state index contributed by atoms with van der Waals surface area (Å²) in [5, 5.41) is 8.85. The Hall–Kier alpha value is -2.50. The van der Waals surface area contributed by atoms with Crippen molar-refractivity contribution in [2.24, 2.45) is 0 Å². The van der Waals surface area contributed by atoms with Gasteiger partial charge in [0.15, 0.2) is 11.6 Å². The third-order valence-corrected chi connectivity index (χ3v) is 2.76. The van der Waals surface area contributed by atoms with Crippen molar-refractivity contribution < 1.29 is 27.8 Å². The molecule has 104 valence electrons. The molecule has 0 heterocycles. The van der Waals surface area contributed by atoms with E-state index in [1.165, 1.54) is 7.11 Å². The van der Waals surface area contributed by atoms with Gasteiger partial charge in [0.05, 0.1) is 18.2 Å². The van der Waals surface area contributed by atoms with Crippen LogP contribution < -0.4 is 4.74 Å². The Morgan fingerprint density at radius 2 is 1.75 bits per heavy atom. The molecule has 1 N–H and O–H groups in total. The van der Waals surface area contributed by atoms with Crippen LogP contribution in [-0.2, 0) is 0 Å². The van der Waals surface area contributed by atoms with Crippen molar-refractivity contribution in [3.63, 3.8) is 0 Å². The van der Waals surface area contributed by atoms with Gasteiger partial charge in [0.1, 0.15) is 11.6 Å². The molecule has 0 fully saturated rings. The minimum absolute atomic E-state index is 0.262. The summed E-state index contributed by atoms with van der Waals surface area (Å²) in [7, 11) is 1.18. The third kappa shape index (κ3) is 2.32. The number of aromatic carboxylic acids is 1. The number of carboxylic acid groups (broad SMARTS) is 1. The lowest BCUT2D eigenvalue weighted by Gasteiger charge is -2.10. The van der Waals surface area contributed by atoms with Gasteiger partial charge >= 0.3 is 5.97 Å². The van der Waals surface area contributed by atoms with Crippen LogP contribution in [0.25, 0.3) is 11.1 Å². The standard InChI is InChI=1S/C14H9F3O3/c1-20-11-5-4-10(16)12(13(11)17)8-6-7(14(18)19)2-3-9(8)15/h2-6H,1H3,(H,18,19). The van der Waals surface area contributed by atoms with Crippen LogP contribution in [0.3, 0.4) is 0 Å². The van der Waals surface area contributed by atoms with Crippen LogP contribution in [-0.4, -0.2) is 18.2 Å². The molecule has 0 saturated heterocycles. The molecule has 0 bridgehead atoms. The largest absolute Gasteiger partial charge is 0.494 e. The maximum Gasteiger partial charge on any atom is 0.335 e. The molecule has 0 amide bonds. The molecular weight excluding hydrogens is 273 g/mol. The van der Waals surface area contributed by atoms with Crippen molar-refractivity contribution >= 4 is 5.97 Å². The second-order valence-electron chi connectivity index (χ2n) is 3.94. The summed E-state index contributed by atoms with van der Waals surface area (Å²) in [5.74, 6) is -4.61. The summed E-state index contributed by atoms with van der Waals surface area (Å²) >= 11 is 0. The lowest BCUT2D eigenvalue weighted by molar-refractivity contribution is 0.0697. The van der Waals surface area contributed by atoms with Crippen LogP contribution in [0.5, 0.6) is 5.75 Å². The summed E-state index contributed by atoms with van der Waals surface area (Å²) < 4.78 is 46.3. The van der Waals surface area contributed by atoms with Gasteiger partial charge in [-0.3, -0.25) is 0 Å². The number of hydrogen-bond acceptors (Lipinski definition) is 2. The molecule has 0 aromatic heterocycles. The number of methoxy groups -OCH3 is 1. The van der Waals surface area contributed by atoms with Crippen molar-refractivity contribution in [1.82, 2.24) is 0 Å². The van der Waals surface area contributed by atoms with E-state index in [0.717, 1.165) is 30.3 Å². The van der Waals surface area contributed by atoms with E-state index in [4.69, 9.17) is 9.84 Å². The van der Waals surface area contributed by atoms with Crippen molar-refractivity contribution in [2.75, 3.05) is 7.11 Å². The number of hydrogen-bond donors (Lipinski definition) is 1. The molecule has 2 rings (SSSR count). The zero-order valence-corrected chi connectivity index (χ0v) is 10.3. The fourth-order valence-electron chi connectivity index (χ4n) is 1.79. The van der Waals surface area contributed by atoms with Gasteiger partial charge in [0, 0.05) is 5.56 Å². The van der Waals surface area contributed by atoms with E-state index in [2.05, 4.69) is 0 Å². The summed E-state index contributed by atoms with van der Waals surface area (Å²) in [5.41, 5.74) is -1.41. The molecule has 0 aliphatic carbocycles. The van der Waals surface area contributed by atoms with Crippen LogP contribution >= 0.6 is 0 Å². The predicted octanol–water partition coefficient (Wildman–Crippen LogP) is 3.48. The first-order chi connectivity index (χ1) is 9.45. The molecule has 0 unspecified atom stereocenters. The zero-order chi connectivity index (χ0) is 14.9. The fourth-order valence-corrected chi connectivity index (χ4v) is 1.79. The second-order valence-corrected chi connectivity index (χ2v) is 3.94. The van der Waals surface area contributed by atoms with Gasteiger partial charge in [-0.1, -0.05) is 0 Å². The summed E-state index contributed by atoms with van der Waals surface area (Å²) in [6.45, 7) is 0. The third-order valence-electron chi connectivity index (χ3n) is 2.76. The number of halogens is 3. The average molecular weight is 282 g/mol. The smallest absolute Gasteiger partial charge is 0.335 e. The zero-order valence-electron chi connectivity index (χ0n) is 10.3. The maximum absolute atomic E-state index is 14.1. The fraction of sp³-hybridized carbons (Fsp3) is 0.0714. The van der Waals surface area contributed by atoms with Gasteiger partial charge < -0.3 is 9.84 Å². The molecule has 0 aliphatic rings. The molecule has 2 aromatic carbocycles. The second kappa shape index (κ2) is 5.24. The molecule has 2 aromatic rings. The Kier molecular flexibility index (Phi) is 3.65. The first kappa shape index (κ1) is 13.9. The monoisotopic (exact) mass is 282 g/mol. The summed E-state index contributed by atoms with van der Waals surface area (Å²) in [6, 6.07) is 4.71. The molecule has 0 saturated carbocycles. The van der Waals surface area contributed by atoms with E-state index in [9.17, 15) is 18.0 Å².